The van der Waals surface area contributed by atoms with Crippen LogP contribution in [0.1, 0.15) is 17.0 Å². The Hall–Kier alpha value is -3.03. The summed E-state index contributed by atoms with van der Waals surface area (Å²) in [6.45, 7) is -1.07. The molecule has 0 spiro atoms. The van der Waals surface area contributed by atoms with E-state index in [1.165, 1.54) is 0 Å². The normalized spacial score (nSPS) is 12.0. The van der Waals surface area contributed by atoms with Crippen molar-refractivity contribution in [3.63, 3.8) is 0 Å². The maximum atomic E-state index is 12.4. The molecule has 0 radical (unpaired) electrons. The second-order valence-electron chi connectivity index (χ2n) is 6.55. The van der Waals surface area contributed by atoms with Crippen LogP contribution in [0.5, 0.6) is 0 Å². The third-order valence-corrected chi connectivity index (χ3v) is 4.35. The number of nitrogens with one attached hydrogen (secondary N) is 2. The Balaban J connectivity index is 1.98. The molecule has 2 aromatic rings. The number of alkyl halides is 3. The maximum Gasteiger partial charge on any atom is 0.406 e. The average molecular weight is 406 g/mol. The van der Waals surface area contributed by atoms with Gasteiger partial charge in [-0.05, 0) is 11.1 Å². The topological polar surface area (TPSA) is 56.7 Å². The first-order valence-corrected chi connectivity index (χ1v) is 9.15. The molecular weight excluding hydrogens is 381 g/mol. The molecule has 0 atom stereocenters. The molecule has 2 N–H and O–H groups in total. The number of rotatable bonds is 7. The zero-order valence-electron chi connectivity index (χ0n) is 16.4. The molecule has 0 heterocycles. The van der Waals surface area contributed by atoms with Crippen LogP contribution in [-0.2, 0) is 4.79 Å². The molecule has 29 heavy (non-hydrogen) atoms. The van der Waals surface area contributed by atoms with Gasteiger partial charge in [0, 0.05) is 26.6 Å². The van der Waals surface area contributed by atoms with Crippen molar-refractivity contribution >= 4 is 11.9 Å². The molecule has 0 aliphatic rings. The minimum Gasteiger partial charge on any atom is -0.355 e. The first-order valence-electron chi connectivity index (χ1n) is 9.15. The molecule has 0 aliphatic carbocycles. The summed E-state index contributed by atoms with van der Waals surface area (Å²) in [6, 6.07) is 19.9. The third kappa shape index (κ3) is 7.48. The fourth-order valence-corrected chi connectivity index (χ4v) is 2.87. The van der Waals surface area contributed by atoms with Gasteiger partial charge in [-0.3, -0.25) is 9.79 Å². The molecule has 0 aromatic heterocycles. The molecule has 0 fully saturated rings. The van der Waals surface area contributed by atoms with Crippen molar-refractivity contribution < 1.29 is 18.0 Å². The third-order valence-electron chi connectivity index (χ3n) is 4.35. The Bertz CT molecular complexity index is 755. The molecule has 8 heteroatoms. The number of nitrogens with zero attached hydrogens (tertiary/aromatic N) is 2. The molecular formula is C21H25F3N4O. The van der Waals surface area contributed by atoms with E-state index in [1.807, 2.05) is 60.7 Å². The molecule has 0 unspecified atom stereocenters. The van der Waals surface area contributed by atoms with Crippen LogP contribution in [0.3, 0.4) is 0 Å². The SMILES string of the molecule is CN=C(NCC(=O)N(C)CC(F)(F)F)NCC(c1ccccc1)c1ccccc1. The van der Waals surface area contributed by atoms with E-state index in [2.05, 4.69) is 15.6 Å². The molecule has 156 valence electrons. The summed E-state index contributed by atoms with van der Waals surface area (Å²) in [7, 11) is 2.66. The molecule has 5 nitrogen and oxygen atoms in total. The van der Waals surface area contributed by atoms with E-state index in [1.54, 1.807) is 7.05 Å². The van der Waals surface area contributed by atoms with Crippen LogP contribution >= 0.6 is 0 Å². The number of carbonyl (C=O) groups is 1. The number of halogens is 3. The van der Waals surface area contributed by atoms with Crippen LogP contribution in [0.2, 0.25) is 0 Å². The number of carbonyl (C=O) groups excluding carboxylic acids is 1. The van der Waals surface area contributed by atoms with Crippen molar-refractivity contribution in [3.8, 4) is 0 Å². The molecule has 0 saturated carbocycles. The van der Waals surface area contributed by atoms with Crippen molar-refractivity contribution in [1.29, 1.82) is 0 Å². The van der Waals surface area contributed by atoms with E-state index >= 15 is 0 Å². The highest BCUT2D eigenvalue weighted by Gasteiger charge is 2.31. The number of benzene rings is 2. The number of aliphatic imine (C=N–C) groups is 1. The highest BCUT2D eigenvalue weighted by molar-refractivity contribution is 5.86. The van der Waals surface area contributed by atoms with E-state index in [4.69, 9.17) is 0 Å². The maximum absolute atomic E-state index is 12.4. The second kappa shape index (κ2) is 10.5. The lowest BCUT2D eigenvalue weighted by Crippen LogP contribution is -2.46. The molecule has 0 aliphatic heterocycles. The lowest BCUT2D eigenvalue weighted by Gasteiger charge is -2.22. The van der Waals surface area contributed by atoms with Crippen molar-refractivity contribution in [2.24, 2.45) is 4.99 Å². The largest absolute Gasteiger partial charge is 0.406 e. The van der Waals surface area contributed by atoms with Gasteiger partial charge in [-0.2, -0.15) is 13.2 Å². The molecule has 1 amide bonds. The molecule has 0 bridgehead atoms. The highest BCUT2D eigenvalue weighted by Crippen LogP contribution is 2.23. The van der Waals surface area contributed by atoms with E-state index in [9.17, 15) is 18.0 Å². The van der Waals surface area contributed by atoms with Gasteiger partial charge in [0.25, 0.3) is 0 Å². The predicted octanol–water partition coefficient (Wildman–Crippen LogP) is 3.00. The van der Waals surface area contributed by atoms with Gasteiger partial charge in [0.2, 0.25) is 5.91 Å². The monoisotopic (exact) mass is 406 g/mol. The van der Waals surface area contributed by atoms with Crippen molar-refractivity contribution in [3.05, 3.63) is 71.8 Å². The van der Waals surface area contributed by atoms with Crippen LogP contribution in [0, 0.1) is 0 Å². The van der Waals surface area contributed by atoms with Crippen LogP contribution in [0.4, 0.5) is 13.2 Å². The van der Waals surface area contributed by atoms with Gasteiger partial charge in [-0.15, -0.1) is 0 Å². The van der Waals surface area contributed by atoms with Gasteiger partial charge in [-0.1, -0.05) is 60.7 Å². The van der Waals surface area contributed by atoms with Crippen molar-refractivity contribution in [2.75, 3.05) is 33.7 Å². The summed E-state index contributed by atoms with van der Waals surface area (Å²) in [5.74, 6) is -0.289. The van der Waals surface area contributed by atoms with Gasteiger partial charge in [-0.25, -0.2) is 0 Å². The first kappa shape index (κ1) is 22.3. The smallest absolute Gasteiger partial charge is 0.355 e. The minimum atomic E-state index is -4.43. The van der Waals surface area contributed by atoms with Crippen LogP contribution in [0.15, 0.2) is 65.7 Å². The van der Waals surface area contributed by atoms with Crippen LogP contribution in [-0.4, -0.2) is 56.7 Å². The Morgan fingerprint density at radius 1 is 1.00 bits per heavy atom. The lowest BCUT2D eigenvalue weighted by molar-refractivity contribution is -0.157. The summed E-state index contributed by atoms with van der Waals surface area (Å²) in [5, 5.41) is 5.93. The predicted molar refractivity (Wildman–Crippen MR) is 108 cm³/mol. The van der Waals surface area contributed by atoms with Gasteiger partial charge >= 0.3 is 6.18 Å². The number of hydrogen-bond donors (Lipinski definition) is 2. The lowest BCUT2D eigenvalue weighted by atomic mass is 9.91. The molecule has 2 aromatic carbocycles. The highest BCUT2D eigenvalue weighted by atomic mass is 19.4. The summed E-state index contributed by atoms with van der Waals surface area (Å²) in [6.07, 6.45) is -4.43. The first-order chi connectivity index (χ1) is 13.8. The van der Waals surface area contributed by atoms with Crippen molar-refractivity contribution in [2.45, 2.75) is 12.1 Å². The van der Waals surface area contributed by atoms with Crippen molar-refractivity contribution in [1.82, 2.24) is 15.5 Å². The fraction of sp³-hybridized carbons (Fsp3) is 0.333. The van der Waals surface area contributed by atoms with E-state index < -0.39 is 18.6 Å². The number of guanidine groups is 1. The van der Waals surface area contributed by atoms with E-state index in [0.29, 0.717) is 17.4 Å². The molecule has 0 saturated heterocycles. The Kier molecular flexibility index (Phi) is 8.06. The second-order valence-corrected chi connectivity index (χ2v) is 6.55. The number of amides is 1. The summed E-state index contributed by atoms with van der Waals surface area (Å²) in [4.78, 5) is 16.6. The zero-order valence-corrected chi connectivity index (χ0v) is 16.4. The minimum absolute atomic E-state index is 0.0413. The quantitative estimate of drug-likeness (QED) is 0.549. The fourth-order valence-electron chi connectivity index (χ4n) is 2.87. The number of hydrogen-bond acceptors (Lipinski definition) is 2. The Labute approximate surface area is 168 Å². The molecule has 2 rings (SSSR count). The van der Waals surface area contributed by atoms with E-state index in [0.717, 1.165) is 18.2 Å². The van der Waals surface area contributed by atoms with Gasteiger partial charge in [0.05, 0.1) is 6.54 Å². The zero-order chi connectivity index (χ0) is 21.3. The summed E-state index contributed by atoms with van der Waals surface area (Å²) in [5.41, 5.74) is 2.23. The van der Waals surface area contributed by atoms with Crippen LogP contribution in [0.25, 0.3) is 0 Å². The van der Waals surface area contributed by atoms with Gasteiger partial charge in [0.15, 0.2) is 5.96 Å². The summed E-state index contributed by atoms with van der Waals surface area (Å²) < 4.78 is 37.2. The van der Waals surface area contributed by atoms with Gasteiger partial charge < -0.3 is 15.5 Å². The van der Waals surface area contributed by atoms with Crippen LogP contribution < -0.4 is 10.6 Å². The Morgan fingerprint density at radius 2 is 1.52 bits per heavy atom. The number of likely N-dealkylation sites (N-methyl/N-ethyl adjacent to an activating group) is 1. The van der Waals surface area contributed by atoms with E-state index in [-0.39, 0.29) is 12.5 Å². The Morgan fingerprint density at radius 3 is 1.97 bits per heavy atom. The average Bonchev–Trinajstić information content (AvgIpc) is 2.70. The van der Waals surface area contributed by atoms with Gasteiger partial charge in [0.1, 0.15) is 6.54 Å². The summed E-state index contributed by atoms with van der Waals surface area (Å²) >= 11 is 0. The standard InChI is InChI=1S/C21H25F3N4O/c1-25-20(27-14-19(29)28(2)15-21(22,23)24)26-13-18(16-9-5-3-6-10-16)17-11-7-4-8-12-17/h3-12,18H,13-15H2,1-2H3,(H2,25,26,27).